The van der Waals surface area contributed by atoms with E-state index in [0.29, 0.717) is 12.5 Å². The predicted molar refractivity (Wildman–Crippen MR) is 62.3 cm³/mol. The molecule has 0 aromatic carbocycles. The van der Waals surface area contributed by atoms with E-state index in [4.69, 9.17) is 4.74 Å². The lowest BCUT2D eigenvalue weighted by atomic mass is 10.2. The van der Waals surface area contributed by atoms with Gasteiger partial charge in [0.05, 0.1) is 13.2 Å². The van der Waals surface area contributed by atoms with E-state index in [1.54, 1.807) is 0 Å². The summed E-state index contributed by atoms with van der Waals surface area (Å²) in [6.07, 6.45) is 4.14. The van der Waals surface area contributed by atoms with Crippen LogP contribution in [0.5, 0.6) is 0 Å². The van der Waals surface area contributed by atoms with Crippen LogP contribution < -0.4 is 0 Å². The average Bonchev–Trinajstić information content (AvgIpc) is 2.80. The van der Waals surface area contributed by atoms with Crippen molar-refractivity contribution in [1.29, 1.82) is 0 Å². The Kier molecular flexibility index (Phi) is 6.42. The van der Waals surface area contributed by atoms with Gasteiger partial charge in [-0.2, -0.15) is 0 Å². The number of ether oxygens (including phenoxy) is 2. The Bertz CT molecular complexity index is 202. The largest absolute Gasteiger partial charge is 0.469 e. The minimum atomic E-state index is -0.117. The molecule has 1 aliphatic rings. The van der Waals surface area contributed by atoms with Crippen LogP contribution in [-0.2, 0) is 14.3 Å². The molecule has 0 saturated carbocycles. The van der Waals surface area contributed by atoms with Gasteiger partial charge in [-0.1, -0.05) is 6.92 Å². The molecule has 0 spiro atoms. The van der Waals surface area contributed by atoms with Gasteiger partial charge in [-0.15, -0.1) is 0 Å². The minimum absolute atomic E-state index is 0.117. The normalized spacial score (nSPS) is 20.3. The molecule has 1 saturated heterocycles. The first-order valence-corrected chi connectivity index (χ1v) is 6.17. The van der Waals surface area contributed by atoms with Gasteiger partial charge < -0.3 is 14.4 Å². The molecule has 0 bridgehead atoms. The van der Waals surface area contributed by atoms with Crippen molar-refractivity contribution in [1.82, 2.24) is 4.90 Å². The van der Waals surface area contributed by atoms with Gasteiger partial charge in [-0.25, -0.2) is 0 Å². The molecule has 0 amide bonds. The zero-order chi connectivity index (χ0) is 11.8. The summed E-state index contributed by atoms with van der Waals surface area (Å²) in [5.41, 5.74) is 0. The molecule has 1 aliphatic heterocycles. The Morgan fingerprint density at radius 3 is 2.94 bits per heavy atom. The SMILES string of the molecule is CCN(CCCC(=O)OC)CC1CCCO1. The zero-order valence-corrected chi connectivity index (χ0v) is 10.4. The fourth-order valence-electron chi connectivity index (χ4n) is 2.00. The van der Waals surface area contributed by atoms with Crippen LogP contribution >= 0.6 is 0 Å². The van der Waals surface area contributed by atoms with Gasteiger partial charge in [0.1, 0.15) is 0 Å². The molecular formula is C12H23NO3. The second kappa shape index (κ2) is 7.63. The molecule has 1 unspecified atom stereocenters. The van der Waals surface area contributed by atoms with Crippen LogP contribution in [0.4, 0.5) is 0 Å². The Morgan fingerprint density at radius 1 is 1.56 bits per heavy atom. The Morgan fingerprint density at radius 2 is 2.38 bits per heavy atom. The fraction of sp³-hybridized carbons (Fsp3) is 0.917. The molecule has 0 aliphatic carbocycles. The van der Waals surface area contributed by atoms with Gasteiger partial charge in [0.25, 0.3) is 0 Å². The molecular weight excluding hydrogens is 206 g/mol. The standard InChI is InChI=1S/C12H23NO3/c1-3-13(8-4-7-12(14)15-2)10-11-6-5-9-16-11/h11H,3-10H2,1-2H3. The molecule has 1 fully saturated rings. The van der Waals surface area contributed by atoms with E-state index in [1.807, 2.05) is 0 Å². The van der Waals surface area contributed by atoms with Crippen LogP contribution in [0.15, 0.2) is 0 Å². The molecule has 4 heteroatoms. The van der Waals surface area contributed by atoms with Crippen molar-refractivity contribution in [2.24, 2.45) is 0 Å². The first-order chi connectivity index (χ1) is 7.76. The van der Waals surface area contributed by atoms with Crippen molar-refractivity contribution in [2.75, 3.05) is 33.4 Å². The number of esters is 1. The van der Waals surface area contributed by atoms with Crippen LogP contribution in [0.1, 0.15) is 32.6 Å². The molecule has 0 aromatic rings. The first-order valence-electron chi connectivity index (χ1n) is 6.17. The lowest BCUT2D eigenvalue weighted by Crippen LogP contribution is -2.33. The molecule has 1 heterocycles. The number of carbonyl (C=O) groups excluding carboxylic acids is 1. The summed E-state index contributed by atoms with van der Waals surface area (Å²) in [6.45, 7) is 6.02. The van der Waals surface area contributed by atoms with Crippen LogP contribution in [0.2, 0.25) is 0 Å². The smallest absolute Gasteiger partial charge is 0.305 e. The summed E-state index contributed by atoms with van der Waals surface area (Å²) in [7, 11) is 1.44. The number of hydrogen-bond acceptors (Lipinski definition) is 4. The summed E-state index contributed by atoms with van der Waals surface area (Å²) in [6, 6.07) is 0. The van der Waals surface area contributed by atoms with E-state index < -0.39 is 0 Å². The van der Waals surface area contributed by atoms with Gasteiger partial charge >= 0.3 is 5.97 Å². The van der Waals surface area contributed by atoms with E-state index in [2.05, 4.69) is 16.6 Å². The lowest BCUT2D eigenvalue weighted by molar-refractivity contribution is -0.140. The van der Waals surface area contributed by atoms with Crippen LogP contribution in [-0.4, -0.2) is 50.3 Å². The quantitative estimate of drug-likeness (QED) is 0.619. The second-order valence-electron chi connectivity index (χ2n) is 4.21. The van der Waals surface area contributed by atoms with Crippen molar-refractivity contribution >= 4 is 5.97 Å². The van der Waals surface area contributed by atoms with E-state index in [-0.39, 0.29) is 5.97 Å². The van der Waals surface area contributed by atoms with E-state index >= 15 is 0 Å². The highest BCUT2D eigenvalue weighted by molar-refractivity contribution is 5.69. The number of methoxy groups -OCH3 is 1. The zero-order valence-electron chi connectivity index (χ0n) is 10.4. The summed E-state index contributed by atoms with van der Waals surface area (Å²) in [4.78, 5) is 13.3. The monoisotopic (exact) mass is 229 g/mol. The summed E-state index contributed by atoms with van der Waals surface area (Å²) in [5, 5.41) is 0. The van der Waals surface area contributed by atoms with E-state index in [9.17, 15) is 4.79 Å². The summed E-state index contributed by atoms with van der Waals surface area (Å²) < 4.78 is 10.2. The van der Waals surface area contributed by atoms with Crippen LogP contribution in [0.25, 0.3) is 0 Å². The highest BCUT2D eigenvalue weighted by atomic mass is 16.5. The summed E-state index contributed by atoms with van der Waals surface area (Å²) >= 11 is 0. The van der Waals surface area contributed by atoms with Crippen molar-refractivity contribution in [3.05, 3.63) is 0 Å². The number of carbonyl (C=O) groups is 1. The Hall–Kier alpha value is -0.610. The number of hydrogen-bond donors (Lipinski definition) is 0. The first kappa shape index (κ1) is 13.5. The minimum Gasteiger partial charge on any atom is -0.469 e. The van der Waals surface area contributed by atoms with Gasteiger partial charge in [-0.05, 0) is 32.4 Å². The maximum absolute atomic E-state index is 11.0. The van der Waals surface area contributed by atoms with Gasteiger partial charge in [0, 0.05) is 19.6 Å². The Balaban J connectivity index is 2.13. The molecule has 0 radical (unpaired) electrons. The molecule has 16 heavy (non-hydrogen) atoms. The fourth-order valence-corrected chi connectivity index (χ4v) is 2.00. The number of likely N-dealkylation sites (N-methyl/N-ethyl adjacent to an activating group) is 1. The molecule has 1 rings (SSSR count). The molecule has 0 aromatic heterocycles. The van der Waals surface area contributed by atoms with Gasteiger partial charge in [-0.3, -0.25) is 4.79 Å². The van der Waals surface area contributed by atoms with Crippen LogP contribution in [0, 0.1) is 0 Å². The maximum Gasteiger partial charge on any atom is 0.305 e. The second-order valence-corrected chi connectivity index (χ2v) is 4.21. The van der Waals surface area contributed by atoms with Crippen molar-refractivity contribution in [3.63, 3.8) is 0 Å². The Labute approximate surface area is 97.9 Å². The highest BCUT2D eigenvalue weighted by Crippen LogP contribution is 2.13. The molecule has 0 N–H and O–H groups in total. The lowest BCUT2D eigenvalue weighted by Gasteiger charge is -2.23. The van der Waals surface area contributed by atoms with E-state index in [0.717, 1.165) is 32.7 Å². The average molecular weight is 229 g/mol. The molecule has 1 atom stereocenters. The number of rotatable bonds is 7. The third-order valence-electron chi connectivity index (χ3n) is 3.02. The maximum atomic E-state index is 11.0. The van der Waals surface area contributed by atoms with Crippen LogP contribution in [0.3, 0.4) is 0 Å². The van der Waals surface area contributed by atoms with Crippen molar-refractivity contribution in [2.45, 2.75) is 38.7 Å². The van der Waals surface area contributed by atoms with Gasteiger partial charge in [0.15, 0.2) is 0 Å². The third-order valence-corrected chi connectivity index (χ3v) is 3.02. The highest BCUT2D eigenvalue weighted by Gasteiger charge is 2.18. The summed E-state index contributed by atoms with van der Waals surface area (Å²) in [5.74, 6) is -0.117. The van der Waals surface area contributed by atoms with E-state index in [1.165, 1.54) is 20.0 Å². The van der Waals surface area contributed by atoms with Crippen molar-refractivity contribution in [3.8, 4) is 0 Å². The topological polar surface area (TPSA) is 38.8 Å². The molecule has 4 nitrogen and oxygen atoms in total. The predicted octanol–water partition coefficient (Wildman–Crippen LogP) is 1.44. The van der Waals surface area contributed by atoms with Crippen molar-refractivity contribution < 1.29 is 14.3 Å². The third kappa shape index (κ3) is 4.94. The van der Waals surface area contributed by atoms with Gasteiger partial charge in [0.2, 0.25) is 0 Å². The molecule has 94 valence electrons. The number of nitrogens with zero attached hydrogens (tertiary/aromatic N) is 1.